The van der Waals surface area contributed by atoms with E-state index in [9.17, 15) is 14.0 Å². The van der Waals surface area contributed by atoms with Crippen molar-refractivity contribution in [2.24, 2.45) is 0 Å². The van der Waals surface area contributed by atoms with Crippen molar-refractivity contribution < 1.29 is 9.18 Å². The van der Waals surface area contributed by atoms with Gasteiger partial charge in [0.1, 0.15) is 5.82 Å². The molecule has 1 N–H and O–H groups in total. The third kappa shape index (κ3) is 4.01. The van der Waals surface area contributed by atoms with Crippen molar-refractivity contribution in [3.05, 3.63) is 87.9 Å². The average Bonchev–Trinajstić information content (AvgIpc) is 3.36. The van der Waals surface area contributed by atoms with Gasteiger partial charge in [0.25, 0.3) is 5.91 Å². The molecule has 1 heterocycles. The van der Waals surface area contributed by atoms with Gasteiger partial charge in [0.05, 0.1) is 5.69 Å². The molecule has 1 saturated carbocycles. The molecule has 1 aromatic heterocycles. The fourth-order valence-corrected chi connectivity index (χ4v) is 4.11. The minimum absolute atomic E-state index is 0.0640. The predicted octanol–water partition coefficient (Wildman–Crippen LogP) is 4.20. The fourth-order valence-electron chi connectivity index (χ4n) is 4.11. The number of carbonyl (C=O) groups excluding carboxylic acids is 1. The average molecular weight is 393 g/mol. The van der Waals surface area contributed by atoms with Crippen LogP contribution in [0.2, 0.25) is 0 Å². The second-order valence-corrected chi connectivity index (χ2v) is 7.62. The normalized spacial score (nSPS) is 14.3. The van der Waals surface area contributed by atoms with Crippen LogP contribution in [-0.2, 0) is 6.54 Å². The first-order valence-corrected chi connectivity index (χ1v) is 9.96. The van der Waals surface area contributed by atoms with E-state index in [1.54, 1.807) is 41.1 Å². The van der Waals surface area contributed by atoms with Crippen molar-refractivity contribution in [3.8, 4) is 5.69 Å². The van der Waals surface area contributed by atoms with Crippen LogP contribution >= 0.6 is 0 Å². The Morgan fingerprint density at radius 2 is 1.90 bits per heavy atom. The quantitative estimate of drug-likeness (QED) is 0.706. The second-order valence-electron chi connectivity index (χ2n) is 7.62. The van der Waals surface area contributed by atoms with E-state index in [4.69, 9.17) is 0 Å². The molecule has 0 aliphatic heterocycles. The molecule has 0 saturated heterocycles. The Bertz CT molecular complexity index is 1060. The maximum atomic E-state index is 13.6. The molecule has 1 amide bonds. The van der Waals surface area contributed by atoms with Gasteiger partial charge in [-0.1, -0.05) is 25.0 Å². The summed E-state index contributed by atoms with van der Waals surface area (Å²) in [6.07, 6.45) is 5.80. The zero-order chi connectivity index (χ0) is 20.4. The molecule has 0 unspecified atom stereocenters. The van der Waals surface area contributed by atoms with Crippen molar-refractivity contribution >= 4 is 5.91 Å². The van der Waals surface area contributed by atoms with Crippen LogP contribution in [0.4, 0.5) is 4.39 Å². The summed E-state index contributed by atoms with van der Waals surface area (Å²) in [6, 6.07) is 13.7. The first-order chi connectivity index (χ1) is 14.0. The Balaban J connectivity index is 1.61. The number of amides is 1. The number of hydrogen-bond acceptors (Lipinski definition) is 2. The molecular weight excluding hydrogens is 369 g/mol. The highest BCUT2D eigenvalue weighted by Gasteiger charge is 2.27. The first kappa shape index (κ1) is 19.2. The lowest BCUT2D eigenvalue weighted by atomic mass is 10.1. The number of H-pyrrole nitrogens is 1. The Labute approximate surface area is 168 Å². The van der Waals surface area contributed by atoms with Crippen LogP contribution < -0.4 is 5.69 Å². The lowest BCUT2D eigenvalue weighted by molar-refractivity contribution is 0.0664. The van der Waals surface area contributed by atoms with Gasteiger partial charge in [-0.2, -0.15) is 0 Å². The van der Waals surface area contributed by atoms with E-state index in [0.717, 1.165) is 36.9 Å². The van der Waals surface area contributed by atoms with Crippen molar-refractivity contribution in [2.75, 3.05) is 0 Å². The lowest BCUT2D eigenvalue weighted by Gasteiger charge is -2.29. The molecule has 5 nitrogen and oxygen atoms in total. The number of aromatic nitrogens is 2. The molecule has 6 heteroatoms. The van der Waals surface area contributed by atoms with Crippen LogP contribution in [-0.4, -0.2) is 26.4 Å². The van der Waals surface area contributed by atoms with Gasteiger partial charge in [-0.15, -0.1) is 0 Å². The summed E-state index contributed by atoms with van der Waals surface area (Å²) in [4.78, 5) is 29.8. The third-order valence-electron chi connectivity index (χ3n) is 5.60. The van der Waals surface area contributed by atoms with E-state index in [2.05, 4.69) is 4.98 Å². The fraction of sp³-hybridized carbons (Fsp3) is 0.304. The molecule has 0 atom stereocenters. The third-order valence-corrected chi connectivity index (χ3v) is 5.60. The van der Waals surface area contributed by atoms with E-state index >= 15 is 0 Å². The van der Waals surface area contributed by atoms with Gasteiger partial charge in [0.2, 0.25) is 0 Å². The topological polar surface area (TPSA) is 58.1 Å². The van der Waals surface area contributed by atoms with Crippen molar-refractivity contribution in [1.82, 2.24) is 14.5 Å². The van der Waals surface area contributed by atoms with E-state index in [1.165, 1.54) is 12.1 Å². The van der Waals surface area contributed by atoms with Crippen molar-refractivity contribution in [1.29, 1.82) is 0 Å². The number of imidazole rings is 1. The summed E-state index contributed by atoms with van der Waals surface area (Å²) in [5.41, 5.74) is 2.66. The van der Waals surface area contributed by atoms with E-state index < -0.39 is 0 Å². The van der Waals surface area contributed by atoms with E-state index in [-0.39, 0.29) is 23.5 Å². The SMILES string of the molecule is Cc1c[nH]c(=O)n1-c1ccc(C(=O)N(Cc2cccc(F)c2)C2CCCC2)cc1. The standard InChI is InChI=1S/C23H24FN3O2/c1-16-14-25-23(29)27(16)21-11-9-18(10-12-21)22(28)26(20-7-2-3-8-20)15-17-5-4-6-19(24)13-17/h4-6,9-14,20H,2-3,7-8,15H2,1H3,(H,25,29). The molecule has 2 aromatic carbocycles. The largest absolute Gasteiger partial charge is 0.331 e. The van der Waals surface area contributed by atoms with Crippen LogP contribution in [0.1, 0.15) is 47.3 Å². The summed E-state index contributed by atoms with van der Waals surface area (Å²) in [5, 5.41) is 0. The number of nitrogens with zero attached hydrogens (tertiary/aromatic N) is 2. The number of carbonyl (C=O) groups is 1. The maximum Gasteiger partial charge on any atom is 0.330 e. The molecule has 3 aromatic rings. The highest BCUT2D eigenvalue weighted by atomic mass is 19.1. The molecule has 0 spiro atoms. The van der Waals surface area contributed by atoms with Crippen LogP contribution in [0.25, 0.3) is 5.69 Å². The number of hydrogen-bond donors (Lipinski definition) is 1. The number of halogens is 1. The number of aromatic amines is 1. The van der Waals surface area contributed by atoms with Gasteiger partial charge >= 0.3 is 5.69 Å². The van der Waals surface area contributed by atoms with Gasteiger partial charge in [-0.25, -0.2) is 9.18 Å². The minimum atomic E-state index is -0.294. The summed E-state index contributed by atoms with van der Waals surface area (Å²) in [5.74, 6) is -0.358. The number of benzene rings is 2. The van der Waals surface area contributed by atoms with Crippen molar-refractivity contribution in [2.45, 2.75) is 45.2 Å². The smallest absolute Gasteiger partial charge is 0.330 e. The van der Waals surface area contributed by atoms with Crippen LogP contribution in [0.3, 0.4) is 0 Å². The van der Waals surface area contributed by atoms with E-state index in [0.29, 0.717) is 17.8 Å². The predicted molar refractivity (Wildman–Crippen MR) is 110 cm³/mol. The zero-order valence-corrected chi connectivity index (χ0v) is 16.4. The number of aryl methyl sites for hydroxylation is 1. The Morgan fingerprint density at radius 3 is 2.52 bits per heavy atom. The monoisotopic (exact) mass is 393 g/mol. The Morgan fingerprint density at radius 1 is 1.17 bits per heavy atom. The highest BCUT2D eigenvalue weighted by molar-refractivity contribution is 5.94. The number of rotatable bonds is 5. The van der Waals surface area contributed by atoms with Gasteiger partial charge in [-0.3, -0.25) is 9.36 Å². The van der Waals surface area contributed by atoms with Gasteiger partial charge in [0, 0.05) is 30.0 Å². The summed E-state index contributed by atoms with van der Waals surface area (Å²) in [6.45, 7) is 2.23. The number of nitrogens with one attached hydrogen (secondary N) is 1. The Hall–Kier alpha value is -3.15. The molecule has 1 aliphatic carbocycles. The minimum Gasteiger partial charge on any atom is -0.331 e. The van der Waals surface area contributed by atoms with Gasteiger partial charge in [-0.05, 0) is 61.7 Å². The maximum absolute atomic E-state index is 13.6. The molecule has 0 radical (unpaired) electrons. The Kier molecular flexibility index (Phi) is 5.34. The van der Waals surface area contributed by atoms with Crippen LogP contribution in [0, 0.1) is 12.7 Å². The lowest BCUT2D eigenvalue weighted by Crippen LogP contribution is -2.38. The molecule has 29 heavy (non-hydrogen) atoms. The summed E-state index contributed by atoms with van der Waals surface area (Å²) in [7, 11) is 0. The van der Waals surface area contributed by atoms with Gasteiger partial charge < -0.3 is 9.88 Å². The second kappa shape index (κ2) is 8.07. The molecule has 1 fully saturated rings. The molecule has 4 rings (SSSR count). The zero-order valence-electron chi connectivity index (χ0n) is 16.4. The van der Waals surface area contributed by atoms with E-state index in [1.807, 2.05) is 17.9 Å². The van der Waals surface area contributed by atoms with Crippen molar-refractivity contribution in [3.63, 3.8) is 0 Å². The van der Waals surface area contributed by atoms with Crippen LogP contribution in [0.5, 0.6) is 0 Å². The van der Waals surface area contributed by atoms with Gasteiger partial charge in [0.15, 0.2) is 0 Å². The molecular formula is C23H24FN3O2. The summed E-state index contributed by atoms with van der Waals surface area (Å²) >= 11 is 0. The molecule has 150 valence electrons. The molecule has 1 aliphatic rings. The first-order valence-electron chi connectivity index (χ1n) is 9.96. The molecule has 0 bridgehead atoms. The highest BCUT2D eigenvalue weighted by Crippen LogP contribution is 2.27. The summed E-state index contributed by atoms with van der Waals surface area (Å²) < 4.78 is 15.2. The van der Waals surface area contributed by atoms with Crippen LogP contribution in [0.15, 0.2) is 59.5 Å².